The van der Waals surface area contributed by atoms with Crippen molar-refractivity contribution in [3.8, 4) is 5.75 Å². The molecule has 0 aliphatic carbocycles. The maximum absolute atomic E-state index is 12.2. The van der Waals surface area contributed by atoms with Crippen LogP contribution in [0.1, 0.15) is 49.4 Å². The summed E-state index contributed by atoms with van der Waals surface area (Å²) in [5.74, 6) is 0.493. The number of unbranched alkanes of at least 4 members (excludes halogenated alkanes) is 3. The number of halogens is 1. The van der Waals surface area contributed by atoms with Crippen LogP contribution < -0.4 is 15.4 Å². The van der Waals surface area contributed by atoms with Crippen molar-refractivity contribution in [1.82, 2.24) is 10.6 Å². The van der Waals surface area contributed by atoms with Gasteiger partial charge in [-0.15, -0.1) is 0 Å². The highest BCUT2D eigenvalue weighted by molar-refractivity contribution is 9.10. The van der Waals surface area contributed by atoms with Gasteiger partial charge in [0.15, 0.2) is 5.11 Å². The third kappa shape index (κ3) is 9.18. The van der Waals surface area contributed by atoms with Crippen LogP contribution in [-0.2, 0) is 4.74 Å². The molecule has 0 fully saturated rings. The van der Waals surface area contributed by atoms with Gasteiger partial charge < -0.3 is 14.8 Å². The Kier molecular flexibility index (Phi) is 11.4. The molecule has 0 saturated carbocycles. The van der Waals surface area contributed by atoms with Crippen molar-refractivity contribution in [1.29, 1.82) is 0 Å². The lowest BCUT2D eigenvalue weighted by Crippen LogP contribution is -2.39. The molecule has 7 heteroatoms. The van der Waals surface area contributed by atoms with Crippen molar-refractivity contribution in [3.63, 3.8) is 0 Å². The summed E-state index contributed by atoms with van der Waals surface area (Å²) in [4.78, 5) is 12.2. The zero-order chi connectivity index (χ0) is 18.5. The van der Waals surface area contributed by atoms with Gasteiger partial charge >= 0.3 is 0 Å². The van der Waals surface area contributed by atoms with Crippen LogP contribution in [0.25, 0.3) is 0 Å². The highest BCUT2D eigenvalue weighted by atomic mass is 79.9. The minimum Gasteiger partial charge on any atom is -0.492 e. The molecule has 0 bridgehead atoms. The number of methoxy groups -OCH3 is 1. The van der Waals surface area contributed by atoms with Crippen molar-refractivity contribution in [2.24, 2.45) is 0 Å². The average molecular weight is 431 g/mol. The van der Waals surface area contributed by atoms with Gasteiger partial charge in [0.25, 0.3) is 5.91 Å². The summed E-state index contributed by atoms with van der Waals surface area (Å²) in [6, 6.07) is 5.27. The molecule has 1 amide bonds. The molecule has 5 nitrogen and oxygen atoms in total. The van der Waals surface area contributed by atoms with Crippen molar-refractivity contribution in [3.05, 3.63) is 28.2 Å². The summed E-state index contributed by atoms with van der Waals surface area (Å²) in [6.07, 6.45) is 5.46. The van der Waals surface area contributed by atoms with Crippen LogP contribution in [0.4, 0.5) is 0 Å². The maximum Gasteiger partial charge on any atom is 0.257 e. The minimum atomic E-state index is -0.251. The number of ether oxygens (including phenoxy) is 2. The predicted octanol–water partition coefficient (Wildman–Crippen LogP) is 4.05. The summed E-state index contributed by atoms with van der Waals surface area (Å²) in [5, 5.41) is 5.95. The molecule has 1 aromatic rings. The molecule has 0 saturated heterocycles. The SMILES string of the molecule is CCCCCCOc1ccc(C(=O)NC(=S)NCCCOC)cc1Br. The van der Waals surface area contributed by atoms with Gasteiger partial charge in [-0.05, 0) is 59.2 Å². The standard InChI is InChI=1S/C18H27BrN2O3S/c1-3-4-5-6-12-24-16-9-8-14(13-15(16)19)17(22)21-18(25)20-10-7-11-23-2/h8-9,13H,3-7,10-12H2,1-2H3,(H2,20,21,22,25). The van der Waals surface area contributed by atoms with Crippen molar-refractivity contribution < 1.29 is 14.3 Å². The molecule has 0 spiro atoms. The predicted molar refractivity (Wildman–Crippen MR) is 108 cm³/mol. The molecule has 0 aliphatic heterocycles. The highest BCUT2D eigenvalue weighted by Gasteiger charge is 2.10. The van der Waals surface area contributed by atoms with Crippen LogP contribution in [0.2, 0.25) is 0 Å². The first kappa shape index (κ1) is 21.9. The van der Waals surface area contributed by atoms with Crippen LogP contribution in [-0.4, -0.2) is 37.9 Å². The van der Waals surface area contributed by atoms with Crippen LogP contribution >= 0.6 is 28.1 Å². The van der Waals surface area contributed by atoms with E-state index in [0.717, 1.165) is 23.1 Å². The molecular weight excluding hydrogens is 404 g/mol. The summed E-state index contributed by atoms with van der Waals surface area (Å²) in [7, 11) is 1.65. The van der Waals surface area contributed by atoms with E-state index in [1.54, 1.807) is 25.3 Å². The van der Waals surface area contributed by atoms with Crippen LogP contribution in [0.15, 0.2) is 22.7 Å². The van der Waals surface area contributed by atoms with Gasteiger partial charge in [0.1, 0.15) is 5.75 Å². The molecule has 1 rings (SSSR count). The second kappa shape index (κ2) is 13.1. The third-order valence-electron chi connectivity index (χ3n) is 3.49. The van der Waals surface area contributed by atoms with Crippen molar-refractivity contribution in [2.45, 2.75) is 39.0 Å². The van der Waals surface area contributed by atoms with E-state index in [9.17, 15) is 4.79 Å². The molecule has 25 heavy (non-hydrogen) atoms. The molecule has 0 radical (unpaired) electrons. The van der Waals surface area contributed by atoms with E-state index in [1.807, 2.05) is 0 Å². The highest BCUT2D eigenvalue weighted by Crippen LogP contribution is 2.26. The third-order valence-corrected chi connectivity index (χ3v) is 4.35. The Morgan fingerprint density at radius 1 is 1.20 bits per heavy atom. The molecule has 2 N–H and O–H groups in total. The smallest absolute Gasteiger partial charge is 0.257 e. The second-order valence-corrected chi connectivity index (χ2v) is 6.87. The number of benzene rings is 1. The number of thiocarbonyl (C=S) groups is 1. The van der Waals surface area contributed by atoms with E-state index in [1.165, 1.54) is 19.3 Å². The zero-order valence-corrected chi connectivity index (χ0v) is 17.3. The Morgan fingerprint density at radius 2 is 2.00 bits per heavy atom. The molecule has 0 unspecified atom stereocenters. The molecule has 0 heterocycles. The van der Waals surface area contributed by atoms with E-state index in [0.29, 0.717) is 30.4 Å². The molecule has 140 valence electrons. The Morgan fingerprint density at radius 3 is 2.68 bits per heavy atom. The monoisotopic (exact) mass is 430 g/mol. The second-order valence-electron chi connectivity index (χ2n) is 5.61. The molecule has 0 aromatic heterocycles. The maximum atomic E-state index is 12.2. The van der Waals surface area contributed by atoms with Gasteiger partial charge in [-0.25, -0.2) is 0 Å². The lowest BCUT2D eigenvalue weighted by Gasteiger charge is -2.11. The van der Waals surface area contributed by atoms with E-state index < -0.39 is 0 Å². The number of nitrogens with one attached hydrogen (secondary N) is 2. The lowest BCUT2D eigenvalue weighted by molar-refractivity contribution is 0.0976. The quantitative estimate of drug-likeness (QED) is 0.409. The first-order valence-corrected chi connectivity index (χ1v) is 9.79. The Labute approximate surface area is 164 Å². The number of hydrogen-bond donors (Lipinski definition) is 2. The summed E-state index contributed by atoms with van der Waals surface area (Å²) < 4.78 is 11.5. The summed E-state index contributed by atoms with van der Waals surface area (Å²) in [6.45, 7) is 4.17. The van der Waals surface area contributed by atoms with E-state index >= 15 is 0 Å². The zero-order valence-electron chi connectivity index (χ0n) is 14.9. The Bertz CT molecular complexity index is 555. The van der Waals surface area contributed by atoms with Crippen molar-refractivity contribution in [2.75, 3.05) is 26.9 Å². The Hall–Kier alpha value is -1.18. The van der Waals surface area contributed by atoms with Gasteiger partial charge in [0.2, 0.25) is 0 Å². The number of rotatable bonds is 11. The van der Waals surface area contributed by atoms with Gasteiger partial charge in [-0.2, -0.15) is 0 Å². The minimum absolute atomic E-state index is 0.251. The van der Waals surface area contributed by atoms with Gasteiger partial charge in [-0.3, -0.25) is 10.1 Å². The fourth-order valence-corrected chi connectivity index (χ4v) is 2.80. The van der Waals surface area contributed by atoms with Crippen LogP contribution in [0.3, 0.4) is 0 Å². The van der Waals surface area contributed by atoms with Gasteiger partial charge in [-0.1, -0.05) is 26.2 Å². The van der Waals surface area contributed by atoms with E-state index in [4.69, 9.17) is 21.7 Å². The molecule has 1 aromatic carbocycles. The van der Waals surface area contributed by atoms with Crippen LogP contribution in [0, 0.1) is 0 Å². The average Bonchev–Trinajstić information content (AvgIpc) is 2.59. The number of carbonyl (C=O) groups is 1. The number of amides is 1. The van der Waals surface area contributed by atoms with Crippen LogP contribution in [0.5, 0.6) is 5.75 Å². The summed E-state index contributed by atoms with van der Waals surface area (Å²) >= 11 is 8.57. The fourth-order valence-electron chi connectivity index (χ4n) is 2.11. The first-order valence-electron chi connectivity index (χ1n) is 8.59. The lowest BCUT2D eigenvalue weighted by atomic mass is 10.2. The van der Waals surface area contributed by atoms with E-state index in [-0.39, 0.29) is 5.91 Å². The molecule has 0 aliphatic rings. The van der Waals surface area contributed by atoms with E-state index in [2.05, 4.69) is 33.5 Å². The molecule has 0 atom stereocenters. The topological polar surface area (TPSA) is 59.6 Å². The van der Waals surface area contributed by atoms with Crippen molar-refractivity contribution >= 4 is 39.2 Å². The number of carbonyl (C=O) groups excluding carboxylic acids is 1. The van der Waals surface area contributed by atoms with Gasteiger partial charge in [0.05, 0.1) is 11.1 Å². The Balaban J connectivity index is 2.43. The normalized spacial score (nSPS) is 10.4. The van der Waals surface area contributed by atoms with Gasteiger partial charge in [0, 0.05) is 25.8 Å². The summed E-state index contributed by atoms with van der Waals surface area (Å²) in [5.41, 5.74) is 0.520. The largest absolute Gasteiger partial charge is 0.492 e. The number of hydrogen-bond acceptors (Lipinski definition) is 4. The first-order chi connectivity index (χ1) is 12.1. The molecular formula is C18H27BrN2O3S. The fraction of sp³-hybridized carbons (Fsp3) is 0.556.